The maximum absolute atomic E-state index is 14.0. The van der Waals surface area contributed by atoms with E-state index in [0.717, 1.165) is 66.5 Å². The van der Waals surface area contributed by atoms with Crippen LogP contribution in [0.4, 0.5) is 5.82 Å². The lowest BCUT2D eigenvalue weighted by Crippen LogP contribution is -2.48. The number of hydrogen-bond acceptors (Lipinski definition) is 8. The molecule has 0 saturated carbocycles. The number of aromatic nitrogens is 2. The molecule has 42 heavy (non-hydrogen) atoms. The number of thiazole rings is 1. The number of ether oxygens (including phenoxy) is 1. The van der Waals surface area contributed by atoms with Crippen LogP contribution in [0.15, 0.2) is 40.4 Å². The number of carbonyl (C=O) groups is 2. The van der Waals surface area contributed by atoms with Crippen molar-refractivity contribution in [2.24, 2.45) is 11.8 Å². The van der Waals surface area contributed by atoms with Gasteiger partial charge >= 0.3 is 0 Å². The summed E-state index contributed by atoms with van der Waals surface area (Å²) in [5, 5.41) is 7.51. The van der Waals surface area contributed by atoms with Gasteiger partial charge in [-0.25, -0.2) is 4.98 Å². The van der Waals surface area contributed by atoms with Crippen LogP contribution >= 0.6 is 11.3 Å². The molecule has 2 aliphatic rings. The van der Waals surface area contributed by atoms with E-state index in [-0.39, 0.29) is 23.8 Å². The lowest BCUT2D eigenvalue weighted by molar-refractivity contribution is -0.141. The van der Waals surface area contributed by atoms with Gasteiger partial charge in [0, 0.05) is 39.4 Å². The van der Waals surface area contributed by atoms with Crippen molar-refractivity contribution >= 4 is 29.0 Å². The maximum atomic E-state index is 14.0. The summed E-state index contributed by atoms with van der Waals surface area (Å²) in [4.78, 5) is 36.9. The molecule has 4 heterocycles. The molecule has 2 aliphatic heterocycles. The van der Waals surface area contributed by atoms with E-state index in [9.17, 15) is 9.59 Å². The second-order valence-electron chi connectivity index (χ2n) is 12.0. The molecule has 0 aliphatic carbocycles. The van der Waals surface area contributed by atoms with Gasteiger partial charge in [0.15, 0.2) is 11.6 Å². The number of piperidine rings is 1. The van der Waals surface area contributed by atoms with Gasteiger partial charge in [0.1, 0.15) is 12.0 Å². The van der Waals surface area contributed by atoms with E-state index in [0.29, 0.717) is 24.6 Å². The highest BCUT2D eigenvalue weighted by Gasteiger charge is 2.40. The molecular formula is C32H43N5O4S. The number of anilines is 1. The van der Waals surface area contributed by atoms with Crippen molar-refractivity contribution in [3.63, 3.8) is 0 Å². The monoisotopic (exact) mass is 593 g/mol. The van der Waals surface area contributed by atoms with Crippen molar-refractivity contribution in [2.75, 3.05) is 38.3 Å². The molecule has 0 radical (unpaired) electrons. The van der Waals surface area contributed by atoms with Gasteiger partial charge in [0.05, 0.1) is 22.1 Å². The average Bonchev–Trinajstić information content (AvgIpc) is 3.75. The minimum atomic E-state index is -0.498. The Morgan fingerprint density at radius 2 is 1.86 bits per heavy atom. The zero-order chi connectivity index (χ0) is 29.8. The molecule has 0 spiro atoms. The highest BCUT2D eigenvalue weighted by atomic mass is 32.1. The van der Waals surface area contributed by atoms with Crippen LogP contribution in [0, 0.1) is 18.8 Å². The Morgan fingerprint density at radius 3 is 2.50 bits per heavy atom. The Morgan fingerprint density at radius 1 is 1.12 bits per heavy atom. The predicted molar refractivity (Wildman–Crippen MR) is 164 cm³/mol. The summed E-state index contributed by atoms with van der Waals surface area (Å²) in [5.41, 5.74) is 5.01. The van der Waals surface area contributed by atoms with Crippen LogP contribution in [0.2, 0.25) is 0 Å². The Bertz CT molecular complexity index is 1340. The molecule has 2 aromatic heterocycles. The third kappa shape index (κ3) is 6.54. The summed E-state index contributed by atoms with van der Waals surface area (Å²) in [7, 11) is 1.75. The summed E-state index contributed by atoms with van der Waals surface area (Å²) >= 11 is 1.62. The van der Waals surface area contributed by atoms with Gasteiger partial charge in [-0.1, -0.05) is 43.3 Å². The van der Waals surface area contributed by atoms with Gasteiger partial charge < -0.3 is 24.4 Å². The topological polar surface area (TPSA) is 101 Å². The molecule has 9 nitrogen and oxygen atoms in total. The van der Waals surface area contributed by atoms with Crippen LogP contribution in [0.25, 0.3) is 10.4 Å². The van der Waals surface area contributed by atoms with Gasteiger partial charge in [-0.05, 0) is 62.5 Å². The van der Waals surface area contributed by atoms with Gasteiger partial charge in [0.25, 0.3) is 0 Å². The Kier molecular flexibility index (Phi) is 9.63. The minimum absolute atomic E-state index is 0.00493. The molecule has 2 fully saturated rings. The van der Waals surface area contributed by atoms with E-state index in [1.807, 2.05) is 51.4 Å². The quantitative estimate of drug-likeness (QED) is 0.328. The summed E-state index contributed by atoms with van der Waals surface area (Å²) in [6.07, 6.45) is 3.53. The third-order valence-corrected chi connectivity index (χ3v) is 9.69. The molecule has 1 unspecified atom stereocenters. The normalized spacial score (nSPS) is 19.3. The lowest BCUT2D eigenvalue weighted by Gasteiger charge is -2.31. The molecule has 1 N–H and O–H groups in total. The molecule has 2 saturated heterocycles. The first-order valence-corrected chi connectivity index (χ1v) is 16.0. The van der Waals surface area contributed by atoms with Crippen LogP contribution in [-0.2, 0) is 14.3 Å². The Hall–Kier alpha value is -3.24. The number of methoxy groups -OCH3 is 1. The zero-order valence-electron chi connectivity index (χ0n) is 25.3. The third-order valence-electron chi connectivity index (χ3n) is 8.71. The SMILES string of the molecule is COCC1CCN(c2cc(C(C(=O)N3CCC[C@H]3C(=O)N[C@@H](C)c3ccc(-c4scnc4C)cc3)C(C)C)on2)CC1. The number of carbonyl (C=O) groups excluding carboxylic acids is 2. The van der Waals surface area contributed by atoms with Gasteiger partial charge in [0.2, 0.25) is 11.8 Å². The highest BCUT2D eigenvalue weighted by Crippen LogP contribution is 2.34. The maximum Gasteiger partial charge on any atom is 0.243 e. The van der Waals surface area contributed by atoms with Crippen molar-refractivity contribution in [3.8, 4) is 10.4 Å². The summed E-state index contributed by atoms with van der Waals surface area (Å²) in [6, 6.07) is 9.49. The lowest BCUT2D eigenvalue weighted by atomic mass is 9.91. The number of nitrogens with one attached hydrogen (secondary N) is 1. The average molecular weight is 594 g/mol. The summed E-state index contributed by atoms with van der Waals surface area (Å²) in [6.45, 7) is 11.2. The van der Waals surface area contributed by atoms with Crippen LogP contribution < -0.4 is 10.2 Å². The molecule has 3 atom stereocenters. The number of amides is 2. The van der Waals surface area contributed by atoms with Crippen LogP contribution in [0.5, 0.6) is 0 Å². The summed E-state index contributed by atoms with van der Waals surface area (Å²) in [5.74, 6) is 1.23. The fourth-order valence-corrected chi connectivity index (χ4v) is 7.06. The number of nitrogens with zero attached hydrogens (tertiary/aromatic N) is 4. The van der Waals surface area contributed by atoms with E-state index in [1.165, 1.54) is 0 Å². The number of aryl methyl sites for hydroxylation is 1. The Balaban J connectivity index is 1.23. The van der Waals surface area contributed by atoms with Crippen molar-refractivity contribution in [2.45, 2.75) is 71.4 Å². The first-order chi connectivity index (χ1) is 20.3. The van der Waals surface area contributed by atoms with Crippen LogP contribution in [0.3, 0.4) is 0 Å². The molecule has 226 valence electrons. The first-order valence-electron chi connectivity index (χ1n) is 15.1. The van der Waals surface area contributed by atoms with Crippen LogP contribution in [-0.4, -0.2) is 66.2 Å². The number of rotatable bonds is 10. The fourth-order valence-electron chi connectivity index (χ4n) is 6.25. The second-order valence-corrected chi connectivity index (χ2v) is 12.9. The van der Waals surface area contributed by atoms with E-state index in [4.69, 9.17) is 9.26 Å². The van der Waals surface area contributed by atoms with E-state index >= 15 is 0 Å². The molecule has 3 aromatic rings. The largest absolute Gasteiger partial charge is 0.384 e. The first kappa shape index (κ1) is 30.2. The molecule has 0 bridgehead atoms. The van der Waals surface area contributed by atoms with E-state index in [2.05, 4.69) is 32.5 Å². The predicted octanol–water partition coefficient (Wildman–Crippen LogP) is 5.58. The van der Waals surface area contributed by atoms with Crippen LogP contribution in [0.1, 0.15) is 75.4 Å². The minimum Gasteiger partial charge on any atom is -0.384 e. The fraction of sp³-hybridized carbons (Fsp3) is 0.562. The smallest absolute Gasteiger partial charge is 0.243 e. The van der Waals surface area contributed by atoms with E-state index in [1.54, 1.807) is 23.3 Å². The van der Waals surface area contributed by atoms with E-state index < -0.39 is 12.0 Å². The van der Waals surface area contributed by atoms with Crippen molar-refractivity contribution < 1.29 is 18.8 Å². The molecular weight excluding hydrogens is 550 g/mol. The van der Waals surface area contributed by atoms with Gasteiger partial charge in [-0.15, -0.1) is 11.3 Å². The second kappa shape index (κ2) is 13.4. The number of likely N-dealkylation sites (tertiary alicyclic amines) is 1. The van der Waals surface area contributed by atoms with Gasteiger partial charge in [-0.2, -0.15) is 0 Å². The van der Waals surface area contributed by atoms with Crippen molar-refractivity contribution in [3.05, 3.63) is 52.9 Å². The van der Waals surface area contributed by atoms with Gasteiger partial charge in [-0.3, -0.25) is 9.59 Å². The highest BCUT2D eigenvalue weighted by molar-refractivity contribution is 7.13. The molecule has 5 rings (SSSR count). The number of benzene rings is 1. The molecule has 1 aromatic carbocycles. The van der Waals surface area contributed by atoms with Crippen molar-refractivity contribution in [1.29, 1.82) is 0 Å². The zero-order valence-corrected chi connectivity index (χ0v) is 26.2. The summed E-state index contributed by atoms with van der Waals surface area (Å²) < 4.78 is 11.1. The number of hydrogen-bond donors (Lipinski definition) is 1. The molecule has 10 heteroatoms. The molecule has 2 amide bonds. The standard InChI is InChI=1S/C32H43N5O4S/c1-20(2)29(27-17-28(35-41-27)36-15-12-23(13-16-36)18-40-5)32(39)37-14-6-7-26(37)31(38)34-21(3)24-8-10-25(11-9-24)30-22(4)33-19-42-30/h8-11,17,19-21,23,26,29H,6-7,12-16,18H2,1-5H3,(H,34,38)/t21-,26-,29?/m0/s1. The van der Waals surface area contributed by atoms with Crippen molar-refractivity contribution in [1.82, 2.24) is 20.4 Å². The Labute approximate surface area is 252 Å².